The third kappa shape index (κ3) is 4.49. The average Bonchev–Trinajstić information content (AvgIpc) is 2.18. The molecule has 0 fully saturated rings. The molecule has 0 amide bonds. The van der Waals surface area contributed by atoms with E-state index < -0.39 is 28.4 Å². The number of carbonyl (C=O) groups excluding carboxylic acids is 1. The molecule has 0 aliphatic rings. The van der Waals surface area contributed by atoms with Gasteiger partial charge in [0.25, 0.3) is 0 Å². The van der Waals surface area contributed by atoms with Crippen LogP contribution >= 0.6 is 0 Å². The highest BCUT2D eigenvalue weighted by atomic mass is 32.2. The molecule has 0 N–H and O–H groups in total. The Kier molecular flexibility index (Phi) is 4.19. The molecule has 0 heterocycles. The maximum absolute atomic E-state index is 12.6. The second-order valence-corrected chi connectivity index (χ2v) is 5.51. The van der Waals surface area contributed by atoms with E-state index in [4.69, 9.17) is 0 Å². The molecule has 0 spiro atoms. The number of halogens is 1. The molecule has 0 atom stereocenters. The average molecular weight is 260 g/mol. The summed E-state index contributed by atoms with van der Waals surface area (Å²) < 4.78 is 36.0. The maximum Gasteiger partial charge on any atom is 0.211 e. The number of nitrogens with zero attached hydrogens (tertiary/aromatic N) is 1. The molecule has 0 bridgehead atoms. The SMILES string of the molecule is CS(=O)(=O)N(CC(=O)[O-])Cc1ccc(F)cc1. The first-order chi connectivity index (χ1) is 7.79. The normalized spacial score (nSPS) is 11.7. The lowest BCUT2D eigenvalue weighted by atomic mass is 10.2. The summed E-state index contributed by atoms with van der Waals surface area (Å²) in [6, 6.07) is 5.13. The van der Waals surface area contributed by atoms with Crippen molar-refractivity contribution in [2.75, 3.05) is 12.8 Å². The Morgan fingerprint density at radius 3 is 2.29 bits per heavy atom. The Hall–Kier alpha value is -1.47. The molecule has 17 heavy (non-hydrogen) atoms. The molecule has 0 aliphatic carbocycles. The van der Waals surface area contributed by atoms with Gasteiger partial charge in [-0.25, -0.2) is 12.8 Å². The van der Waals surface area contributed by atoms with Gasteiger partial charge in [0.1, 0.15) is 5.82 Å². The smallest absolute Gasteiger partial charge is 0.211 e. The minimum atomic E-state index is -3.65. The van der Waals surface area contributed by atoms with Crippen LogP contribution in [-0.4, -0.2) is 31.5 Å². The largest absolute Gasteiger partial charge is 0.549 e. The van der Waals surface area contributed by atoms with Crippen LogP contribution < -0.4 is 5.11 Å². The molecule has 1 aromatic carbocycles. The Bertz CT molecular complexity index is 498. The van der Waals surface area contributed by atoms with E-state index in [0.29, 0.717) is 5.56 Å². The fraction of sp³-hybridized carbons (Fsp3) is 0.300. The predicted molar refractivity (Wildman–Crippen MR) is 56.7 cm³/mol. The van der Waals surface area contributed by atoms with Crippen molar-refractivity contribution >= 4 is 16.0 Å². The fourth-order valence-electron chi connectivity index (χ4n) is 1.23. The van der Waals surface area contributed by atoms with Gasteiger partial charge in [-0.1, -0.05) is 12.1 Å². The van der Waals surface area contributed by atoms with Crippen molar-refractivity contribution < 1.29 is 22.7 Å². The van der Waals surface area contributed by atoms with E-state index in [1.54, 1.807) is 0 Å². The van der Waals surface area contributed by atoms with Crippen LogP contribution in [0.1, 0.15) is 5.56 Å². The third-order valence-electron chi connectivity index (χ3n) is 2.05. The summed E-state index contributed by atoms with van der Waals surface area (Å²) in [5.41, 5.74) is 0.498. The molecular formula is C10H11FNO4S-. The van der Waals surface area contributed by atoms with Crippen molar-refractivity contribution in [2.24, 2.45) is 0 Å². The Morgan fingerprint density at radius 1 is 1.35 bits per heavy atom. The second kappa shape index (κ2) is 5.24. The van der Waals surface area contributed by atoms with Gasteiger partial charge in [-0.15, -0.1) is 0 Å². The number of carboxylic acid groups (broad SMARTS) is 1. The van der Waals surface area contributed by atoms with Crippen LogP contribution in [0.15, 0.2) is 24.3 Å². The highest BCUT2D eigenvalue weighted by Gasteiger charge is 2.16. The molecule has 0 saturated heterocycles. The zero-order chi connectivity index (χ0) is 13.1. The van der Waals surface area contributed by atoms with Gasteiger partial charge in [-0.05, 0) is 17.7 Å². The van der Waals surface area contributed by atoms with Gasteiger partial charge < -0.3 is 9.90 Å². The van der Waals surface area contributed by atoms with Gasteiger partial charge in [0.2, 0.25) is 10.0 Å². The van der Waals surface area contributed by atoms with E-state index in [0.717, 1.165) is 10.6 Å². The zero-order valence-corrected chi connectivity index (χ0v) is 9.91. The monoisotopic (exact) mass is 260 g/mol. The molecular weight excluding hydrogens is 249 g/mol. The van der Waals surface area contributed by atoms with Crippen molar-refractivity contribution in [3.63, 3.8) is 0 Å². The van der Waals surface area contributed by atoms with Crippen LogP contribution in [0, 0.1) is 5.82 Å². The van der Waals surface area contributed by atoms with Crippen molar-refractivity contribution in [1.82, 2.24) is 4.31 Å². The lowest BCUT2D eigenvalue weighted by Gasteiger charge is -2.20. The first kappa shape index (κ1) is 13.6. The van der Waals surface area contributed by atoms with E-state index in [2.05, 4.69) is 0 Å². The Balaban J connectivity index is 2.87. The number of sulfonamides is 1. The minimum Gasteiger partial charge on any atom is -0.549 e. The summed E-state index contributed by atoms with van der Waals surface area (Å²) in [4.78, 5) is 10.4. The lowest BCUT2D eigenvalue weighted by Crippen LogP contribution is -2.40. The van der Waals surface area contributed by atoms with Crippen LogP contribution in [0.25, 0.3) is 0 Å². The Labute approximate surface area is 98.5 Å². The number of benzene rings is 1. The number of carbonyl (C=O) groups is 1. The Morgan fingerprint density at radius 2 is 1.88 bits per heavy atom. The molecule has 1 rings (SSSR count). The topological polar surface area (TPSA) is 77.5 Å². The van der Waals surface area contributed by atoms with Crippen LogP contribution in [-0.2, 0) is 21.4 Å². The van der Waals surface area contributed by atoms with Crippen molar-refractivity contribution in [3.05, 3.63) is 35.6 Å². The number of carboxylic acids is 1. The first-order valence-corrected chi connectivity index (χ1v) is 6.53. The quantitative estimate of drug-likeness (QED) is 0.704. The maximum atomic E-state index is 12.6. The highest BCUT2D eigenvalue weighted by molar-refractivity contribution is 7.88. The van der Waals surface area contributed by atoms with Crippen molar-refractivity contribution in [2.45, 2.75) is 6.54 Å². The molecule has 0 aliphatic heterocycles. The molecule has 5 nitrogen and oxygen atoms in total. The van der Waals surface area contributed by atoms with E-state index in [9.17, 15) is 22.7 Å². The first-order valence-electron chi connectivity index (χ1n) is 4.68. The summed E-state index contributed by atoms with van der Waals surface area (Å²) in [7, 11) is -3.65. The van der Waals surface area contributed by atoms with Crippen LogP contribution in [0.5, 0.6) is 0 Å². The number of aliphatic carboxylic acids is 1. The van der Waals surface area contributed by atoms with Gasteiger partial charge in [-0.2, -0.15) is 4.31 Å². The summed E-state index contributed by atoms with van der Waals surface area (Å²) >= 11 is 0. The van der Waals surface area contributed by atoms with Gasteiger partial charge in [-0.3, -0.25) is 0 Å². The van der Waals surface area contributed by atoms with Gasteiger partial charge in [0.15, 0.2) is 0 Å². The number of rotatable bonds is 5. The number of hydrogen-bond acceptors (Lipinski definition) is 4. The van der Waals surface area contributed by atoms with E-state index in [1.807, 2.05) is 0 Å². The fourth-order valence-corrected chi connectivity index (χ4v) is 1.95. The van der Waals surface area contributed by atoms with Gasteiger partial charge >= 0.3 is 0 Å². The minimum absolute atomic E-state index is 0.132. The van der Waals surface area contributed by atoms with Crippen LogP contribution in [0.4, 0.5) is 4.39 Å². The summed E-state index contributed by atoms with van der Waals surface area (Å²) in [5.74, 6) is -1.93. The third-order valence-corrected chi connectivity index (χ3v) is 3.24. The zero-order valence-electron chi connectivity index (χ0n) is 9.09. The van der Waals surface area contributed by atoms with Crippen molar-refractivity contribution in [1.29, 1.82) is 0 Å². The van der Waals surface area contributed by atoms with E-state index in [-0.39, 0.29) is 6.54 Å². The van der Waals surface area contributed by atoms with E-state index in [1.165, 1.54) is 24.3 Å². The summed E-state index contributed by atoms with van der Waals surface area (Å²) in [5, 5.41) is 10.4. The lowest BCUT2D eigenvalue weighted by molar-refractivity contribution is -0.305. The molecule has 0 aromatic heterocycles. The summed E-state index contributed by atoms with van der Waals surface area (Å²) in [6.07, 6.45) is 0.902. The molecule has 1 aromatic rings. The van der Waals surface area contributed by atoms with Gasteiger partial charge in [0, 0.05) is 6.54 Å². The van der Waals surface area contributed by atoms with Crippen LogP contribution in [0.3, 0.4) is 0 Å². The van der Waals surface area contributed by atoms with Gasteiger partial charge in [0.05, 0.1) is 18.8 Å². The molecule has 7 heteroatoms. The summed E-state index contributed by atoms with van der Waals surface area (Å²) in [6.45, 7) is -0.858. The molecule has 0 unspecified atom stereocenters. The molecule has 0 radical (unpaired) electrons. The number of hydrogen-bond donors (Lipinski definition) is 0. The van der Waals surface area contributed by atoms with Crippen molar-refractivity contribution in [3.8, 4) is 0 Å². The standard InChI is InChI=1S/C10H12FNO4S/c1-17(15,16)12(7-10(13)14)6-8-2-4-9(11)5-3-8/h2-5H,6-7H2,1H3,(H,13,14)/p-1. The van der Waals surface area contributed by atoms with E-state index >= 15 is 0 Å². The predicted octanol–water partition coefficient (Wildman–Crippen LogP) is -0.663. The molecule has 94 valence electrons. The molecule has 0 saturated carbocycles. The highest BCUT2D eigenvalue weighted by Crippen LogP contribution is 2.09. The van der Waals surface area contributed by atoms with Crippen LogP contribution in [0.2, 0.25) is 0 Å². The second-order valence-electron chi connectivity index (χ2n) is 3.53.